The molecule has 0 aliphatic carbocycles. The van der Waals surface area contributed by atoms with Crippen LogP contribution >= 0.6 is 23.1 Å². The average Bonchev–Trinajstić information content (AvgIpc) is 2.94. The van der Waals surface area contributed by atoms with Crippen LogP contribution in [0.15, 0.2) is 40.6 Å². The Morgan fingerprint density at radius 3 is 3.10 bits per heavy atom. The molecule has 1 N–H and O–H groups in total. The van der Waals surface area contributed by atoms with E-state index in [9.17, 15) is 4.79 Å². The normalized spacial score (nSPS) is 17.3. The van der Waals surface area contributed by atoms with Crippen LogP contribution in [0, 0.1) is 0 Å². The van der Waals surface area contributed by atoms with Crippen molar-refractivity contribution in [1.29, 1.82) is 0 Å². The minimum Gasteiger partial charge on any atom is -0.493 e. The van der Waals surface area contributed by atoms with Crippen LogP contribution in [0.2, 0.25) is 0 Å². The lowest BCUT2D eigenvalue weighted by Gasteiger charge is -2.25. The molecule has 3 nitrogen and oxygen atoms in total. The summed E-state index contributed by atoms with van der Waals surface area (Å²) < 4.78 is 5.66. The van der Waals surface area contributed by atoms with Gasteiger partial charge in [-0.1, -0.05) is 18.2 Å². The van der Waals surface area contributed by atoms with E-state index in [2.05, 4.69) is 6.07 Å². The predicted octanol–water partition coefficient (Wildman–Crippen LogP) is 4.10. The van der Waals surface area contributed by atoms with Crippen LogP contribution in [-0.4, -0.2) is 23.4 Å². The van der Waals surface area contributed by atoms with Crippen molar-refractivity contribution in [1.82, 2.24) is 0 Å². The van der Waals surface area contributed by atoms with Gasteiger partial charge in [0.2, 0.25) is 0 Å². The van der Waals surface area contributed by atoms with Crippen LogP contribution in [0.1, 0.15) is 27.6 Å². The van der Waals surface area contributed by atoms with E-state index in [-0.39, 0.29) is 0 Å². The minimum absolute atomic E-state index is 0.403. The standard InChI is InChI=1S/C15H14O3S2/c16-15(17)14-7-11(9-20-14)19-8-10-5-6-18-13-4-2-1-3-12(10)13/h1-4,7,9-10H,5-6,8H2,(H,16,17). The maximum absolute atomic E-state index is 10.9. The maximum atomic E-state index is 10.9. The number of fused-ring (bicyclic) bond motifs is 1. The fourth-order valence-corrected chi connectivity index (χ4v) is 4.33. The van der Waals surface area contributed by atoms with Crippen LogP contribution in [0.4, 0.5) is 0 Å². The van der Waals surface area contributed by atoms with E-state index in [4.69, 9.17) is 9.84 Å². The third-order valence-electron chi connectivity index (χ3n) is 3.32. The van der Waals surface area contributed by atoms with Gasteiger partial charge in [-0.2, -0.15) is 0 Å². The van der Waals surface area contributed by atoms with E-state index in [0.29, 0.717) is 10.8 Å². The van der Waals surface area contributed by atoms with Crippen molar-refractivity contribution in [2.24, 2.45) is 0 Å². The van der Waals surface area contributed by atoms with E-state index in [1.807, 2.05) is 23.6 Å². The summed E-state index contributed by atoms with van der Waals surface area (Å²) in [5, 5.41) is 10.8. The second kappa shape index (κ2) is 5.89. The lowest BCUT2D eigenvalue weighted by molar-refractivity contribution is 0.0702. The van der Waals surface area contributed by atoms with Gasteiger partial charge in [0.05, 0.1) is 6.61 Å². The van der Waals surface area contributed by atoms with Crippen molar-refractivity contribution in [3.05, 3.63) is 46.2 Å². The molecular formula is C15H14O3S2. The molecule has 0 saturated carbocycles. The number of hydrogen-bond acceptors (Lipinski definition) is 4. The lowest BCUT2D eigenvalue weighted by atomic mass is 9.95. The number of thiophene rings is 1. The van der Waals surface area contributed by atoms with Gasteiger partial charge in [0.15, 0.2) is 0 Å². The van der Waals surface area contributed by atoms with Crippen molar-refractivity contribution in [3.63, 3.8) is 0 Å². The smallest absolute Gasteiger partial charge is 0.345 e. The number of aromatic carboxylic acids is 1. The van der Waals surface area contributed by atoms with E-state index >= 15 is 0 Å². The number of hydrogen-bond donors (Lipinski definition) is 1. The van der Waals surface area contributed by atoms with Crippen molar-refractivity contribution in [2.75, 3.05) is 12.4 Å². The first-order valence-corrected chi connectivity index (χ1v) is 8.27. The summed E-state index contributed by atoms with van der Waals surface area (Å²) in [6.07, 6.45) is 1.01. The van der Waals surface area contributed by atoms with E-state index in [0.717, 1.165) is 29.4 Å². The Bertz CT molecular complexity index is 621. The molecule has 1 aromatic heterocycles. The van der Waals surface area contributed by atoms with E-state index in [1.54, 1.807) is 17.8 Å². The molecule has 0 radical (unpaired) electrons. The van der Waals surface area contributed by atoms with Gasteiger partial charge >= 0.3 is 5.97 Å². The number of benzene rings is 1. The molecule has 1 unspecified atom stereocenters. The van der Waals surface area contributed by atoms with Gasteiger partial charge in [0.1, 0.15) is 10.6 Å². The van der Waals surface area contributed by atoms with Crippen molar-refractivity contribution in [3.8, 4) is 5.75 Å². The van der Waals surface area contributed by atoms with Gasteiger partial charge < -0.3 is 9.84 Å². The molecule has 0 fully saturated rings. The topological polar surface area (TPSA) is 46.5 Å². The highest BCUT2D eigenvalue weighted by atomic mass is 32.2. The van der Waals surface area contributed by atoms with Crippen LogP contribution in [0.5, 0.6) is 5.75 Å². The first-order chi connectivity index (χ1) is 9.74. The van der Waals surface area contributed by atoms with Gasteiger partial charge in [-0.15, -0.1) is 23.1 Å². The zero-order valence-electron chi connectivity index (χ0n) is 10.7. The van der Waals surface area contributed by atoms with Gasteiger partial charge in [-0.05, 0) is 24.1 Å². The zero-order valence-corrected chi connectivity index (χ0v) is 12.4. The average molecular weight is 306 g/mol. The third kappa shape index (κ3) is 2.83. The highest BCUT2D eigenvalue weighted by Crippen LogP contribution is 2.37. The van der Waals surface area contributed by atoms with Gasteiger partial charge in [0, 0.05) is 21.9 Å². The molecule has 104 valence electrons. The van der Waals surface area contributed by atoms with Crippen molar-refractivity contribution >= 4 is 29.1 Å². The Balaban J connectivity index is 1.68. The number of rotatable bonds is 4. The Hall–Kier alpha value is -1.46. The fraction of sp³-hybridized carbons (Fsp3) is 0.267. The number of carbonyl (C=O) groups is 1. The summed E-state index contributed by atoms with van der Waals surface area (Å²) in [7, 11) is 0. The van der Waals surface area contributed by atoms with Crippen LogP contribution in [0.25, 0.3) is 0 Å². The minimum atomic E-state index is -0.849. The number of ether oxygens (including phenoxy) is 1. The largest absolute Gasteiger partial charge is 0.493 e. The van der Waals surface area contributed by atoms with Crippen LogP contribution in [-0.2, 0) is 0 Å². The second-order valence-corrected chi connectivity index (χ2v) is 6.64. The first-order valence-electron chi connectivity index (χ1n) is 6.40. The molecule has 2 heterocycles. The highest BCUT2D eigenvalue weighted by Gasteiger charge is 2.21. The molecule has 2 aromatic rings. The lowest BCUT2D eigenvalue weighted by Crippen LogP contribution is -2.15. The molecule has 1 aliphatic heterocycles. The molecule has 0 bridgehead atoms. The molecule has 1 aromatic carbocycles. The molecule has 20 heavy (non-hydrogen) atoms. The first kappa shape index (κ1) is 13.5. The monoisotopic (exact) mass is 306 g/mol. The SMILES string of the molecule is O=C(O)c1cc(SCC2CCOc3ccccc32)cs1. The summed E-state index contributed by atoms with van der Waals surface area (Å²) in [5.41, 5.74) is 1.26. The van der Waals surface area contributed by atoms with Crippen LogP contribution < -0.4 is 4.74 Å². The van der Waals surface area contributed by atoms with Gasteiger partial charge in [-0.3, -0.25) is 0 Å². The van der Waals surface area contributed by atoms with Crippen LogP contribution in [0.3, 0.4) is 0 Å². The summed E-state index contributed by atoms with van der Waals surface area (Å²) >= 11 is 3.01. The number of para-hydroxylation sites is 1. The van der Waals surface area contributed by atoms with E-state index in [1.165, 1.54) is 16.9 Å². The summed E-state index contributed by atoms with van der Waals surface area (Å²) in [5.74, 6) is 1.56. The predicted molar refractivity (Wildman–Crippen MR) is 81.3 cm³/mol. The number of carboxylic acids is 1. The highest BCUT2D eigenvalue weighted by molar-refractivity contribution is 7.99. The second-order valence-electron chi connectivity index (χ2n) is 4.63. The molecule has 0 saturated heterocycles. The zero-order chi connectivity index (χ0) is 13.9. The van der Waals surface area contributed by atoms with Crippen molar-refractivity contribution in [2.45, 2.75) is 17.2 Å². The fourth-order valence-electron chi connectivity index (χ4n) is 2.29. The molecule has 1 atom stereocenters. The van der Waals surface area contributed by atoms with E-state index < -0.39 is 5.97 Å². The summed E-state index contributed by atoms with van der Waals surface area (Å²) in [6.45, 7) is 0.756. The molecule has 3 rings (SSSR count). The van der Waals surface area contributed by atoms with Gasteiger partial charge in [-0.25, -0.2) is 4.79 Å². The van der Waals surface area contributed by atoms with Crippen molar-refractivity contribution < 1.29 is 14.6 Å². The summed E-state index contributed by atoms with van der Waals surface area (Å²) in [6, 6.07) is 9.92. The maximum Gasteiger partial charge on any atom is 0.345 e. The Morgan fingerprint density at radius 1 is 1.45 bits per heavy atom. The molecule has 1 aliphatic rings. The quantitative estimate of drug-likeness (QED) is 0.864. The molecular weight excluding hydrogens is 292 g/mol. The third-order valence-corrected chi connectivity index (χ3v) is 5.53. The Morgan fingerprint density at radius 2 is 2.30 bits per heavy atom. The molecule has 5 heteroatoms. The summed E-state index contributed by atoms with van der Waals surface area (Å²) in [4.78, 5) is 12.3. The Labute approximate surface area is 125 Å². The molecule has 0 amide bonds. The Kier molecular flexibility index (Phi) is 3.98. The molecule has 0 spiro atoms. The van der Waals surface area contributed by atoms with Gasteiger partial charge in [0.25, 0.3) is 0 Å². The number of thioether (sulfide) groups is 1. The number of carboxylic acid groups (broad SMARTS) is 1.